The van der Waals surface area contributed by atoms with E-state index in [0.29, 0.717) is 10.0 Å². The zero-order valence-electron chi connectivity index (χ0n) is 6.55. The monoisotopic (exact) mass is 225 g/mol. The maximum atomic E-state index is 5.75. The van der Waals surface area contributed by atoms with Gasteiger partial charge in [-0.2, -0.15) is 0 Å². The van der Waals surface area contributed by atoms with Gasteiger partial charge in [-0.15, -0.1) is 12.4 Å². The fourth-order valence-electron chi connectivity index (χ4n) is 0.838. The summed E-state index contributed by atoms with van der Waals surface area (Å²) in [5.74, 6) is 0. The summed E-state index contributed by atoms with van der Waals surface area (Å²) in [6.07, 6.45) is 0. The summed E-state index contributed by atoms with van der Waals surface area (Å²) in [6, 6.07) is 5.30. The van der Waals surface area contributed by atoms with E-state index in [2.05, 4.69) is 0 Å². The Morgan fingerprint density at radius 2 is 1.58 bits per heavy atom. The highest BCUT2D eigenvalue weighted by Gasteiger charge is 2.01. The fraction of sp³-hybridized carbons (Fsp3) is 0.250. The molecule has 0 saturated heterocycles. The predicted molar refractivity (Wildman–Crippen MR) is 56.3 cm³/mol. The third-order valence-electron chi connectivity index (χ3n) is 1.41. The van der Waals surface area contributed by atoms with Crippen molar-refractivity contribution in [3.05, 3.63) is 33.8 Å². The van der Waals surface area contributed by atoms with E-state index >= 15 is 0 Å². The normalized spacial score (nSPS) is 12.0. The average Bonchev–Trinajstić information content (AvgIpc) is 1.85. The summed E-state index contributed by atoms with van der Waals surface area (Å²) in [7, 11) is 0. The van der Waals surface area contributed by atoms with Crippen molar-refractivity contribution in [3.63, 3.8) is 0 Å². The van der Waals surface area contributed by atoms with Crippen LogP contribution in [0.3, 0.4) is 0 Å². The summed E-state index contributed by atoms with van der Waals surface area (Å²) in [6.45, 7) is 1.89. The summed E-state index contributed by atoms with van der Waals surface area (Å²) >= 11 is 11.5. The lowest BCUT2D eigenvalue weighted by Gasteiger charge is -2.05. The molecule has 0 aliphatic carbocycles. The lowest BCUT2D eigenvalue weighted by atomic mass is 10.1. The van der Waals surface area contributed by atoms with Crippen LogP contribution in [-0.2, 0) is 0 Å². The second-order valence-corrected chi connectivity index (χ2v) is 3.36. The van der Waals surface area contributed by atoms with E-state index in [-0.39, 0.29) is 18.4 Å². The van der Waals surface area contributed by atoms with Gasteiger partial charge >= 0.3 is 0 Å². The van der Waals surface area contributed by atoms with Crippen molar-refractivity contribution in [2.24, 2.45) is 5.73 Å². The first-order valence-corrected chi connectivity index (χ1v) is 4.07. The summed E-state index contributed by atoms with van der Waals surface area (Å²) in [5.41, 5.74) is 6.59. The van der Waals surface area contributed by atoms with Crippen LogP contribution in [-0.4, -0.2) is 0 Å². The van der Waals surface area contributed by atoms with Crippen molar-refractivity contribution in [1.29, 1.82) is 0 Å². The molecule has 0 unspecified atom stereocenters. The van der Waals surface area contributed by atoms with E-state index < -0.39 is 0 Å². The van der Waals surface area contributed by atoms with Gasteiger partial charge in [0.25, 0.3) is 0 Å². The lowest BCUT2D eigenvalue weighted by molar-refractivity contribution is 0.818. The molecule has 0 saturated carbocycles. The topological polar surface area (TPSA) is 26.0 Å². The summed E-state index contributed by atoms with van der Waals surface area (Å²) < 4.78 is 0. The second kappa shape index (κ2) is 4.93. The number of rotatable bonds is 1. The van der Waals surface area contributed by atoms with Gasteiger partial charge in [0.2, 0.25) is 0 Å². The molecular weight excluding hydrogens is 216 g/mol. The van der Waals surface area contributed by atoms with Crippen molar-refractivity contribution in [2.45, 2.75) is 13.0 Å². The Bertz CT molecular complexity index is 240. The standard InChI is InChI=1S/C8H9Cl2N.ClH/c1-5(11)6-2-7(9)4-8(10)3-6;/h2-5H,11H2,1H3;1H/t5-;/m1./s1. The van der Waals surface area contributed by atoms with E-state index in [9.17, 15) is 0 Å². The van der Waals surface area contributed by atoms with Gasteiger partial charge in [-0.25, -0.2) is 0 Å². The summed E-state index contributed by atoms with van der Waals surface area (Å²) in [4.78, 5) is 0. The van der Waals surface area contributed by atoms with Crippen LogP contribution in [0.4, 0.5) is 0 Å². The van der Waals surface area contributed by atoms with Crippen LogP contribution in [0.15, 0.2) is 18.2 Å². The van der Waals surface area contributed by atoms with Gasteiger partial charge in [0.05, 0.1) is 0 Å². The van der Waals surface area contributed by atoms with Crippen molar-refractivity contribution in [1.82, 2.24) is 0 Å². The Morgan fingerprint density at radius 1 is 1.17 bits per heavy atom. The van der Waals surface area contributed by atoms with Crippen molar-refractivity contribution in [3.8, 4) is 0 Å². The molecule has 0 fully saturated rings. The molecule has 2 N–H and O–H groups in total. The quantitative estimate of drug-likeness (QED) is 0.780. The largest absolute Gasteiger partial charge is 0.324 e. The fourth-order valence-corrected chi connectivity index (χ4v) is 1.38. The Kier molecular flexibility index (Phi) is 4.95. The zero-order chi connectivity index (χ0) is 8.43. The Balaban J connectivity index is 0.00000121. The maximum absolute atomic E-state index is 5.75. The molecule has 0 bridgehead atoms. The van der Waals surface area contributed by atoms with Crippen LogP contribution in [0.1, 0.15) is 18.5 Å². The van der Waals surface area contributed by atoms with E-state index in [1.807, 2.05) is 19.1 Å². The van der Waals surface area contributed by atoms with Crippen LogP contribution >= 0.6 is 35.6 Å². The Hall–Kier alpha value is 0.0500. The number of benzene rings is 1. The third-order valence-corrected chi connectivity index (χ3v) is 1.85. The Labute approximate surface area is 88.3 Å². The minimum Gasteiger partial charge on any atom is -0.324 e. The highest BCUT2D eigenvalue weighted by atomic mass is 35.5. The molecule has 1 atom stereocenters. The summed E-state index contributed by atoms with van der Waals surface area (Å²) in [5, 5.41) is 1.26. The first-order valence-electron chi connectivity index (χ1n) is 3.31. The minimum absolute atomic E-state index is 0. The van der Waals surface area contributed by atoms with Gasteiger partial charge in [0.15, 0.2) is 0 Å². The highest BCUT2D eigenvalue weighted by molar-refractivity contribution is 6.34. The Morgan fingerprint density at radius 3 is 1.92 bits per heavy atom. The van der Waals surface area contributed by atoms with Crippen LogP contribution in [0.25, 0.3) is 0 Å². The van der Waals surface area contributed by atoms with E-state index in [4.69, 9.17) is 28.9 Å². The van der Waals surface area contributed by atoms with Gasteiger partial charge in [-0.3, -0.25) is 0 Å². The van der Waals surface area contributed by atoms with Crippen LogP contribution < -0.4 is 5.73 Å². The molecule has 0 radical (unpaired) electrons. The third kappa shape index (κ3) is 3.20. The molecule has 4 heteroatoms. The van der Waals surface area contributed by atoms with Gasteiger partial charge in [0, 0.05) is 16.1 Å². The second-order valence-electron chi connectivity index (χ2n) is 2.49. The maximum Gasteiger partial charge on any atom is 0.0424 e. The first-order chi connectivity index (χ1) is 5.09. The number of hydrogen-bond acceptors (Lipinski definition) is 1. The van der Waals surface area contributed by atoms with E-state index in [0.717, 1.165) is 5.56 Å². The molecule has 0 aliphatic heterocycles. The van der Waals surface area contributed by atoms with Crippen molar-refractivity contribution >= 4 is 35.6 Å². The minimum atomic E-state index is -0.0220. The molecule has 1 aromatic rings. The van der Waals surface area contributed by atoms with E-state index in [1.165, 1.54) is 0 Å². The van der Waals surface area contributed by atoms with E-state index in [1.54, 1.807) is 6.07 Å². The van der Waals surface area contributed by atoms with Crippen LogP contribution in [0.2, 0.25) is 10.0 Å². The predicted octanol–water partition coefficient (Wildman–Crippen LogP) is 3.43. The SMILES string of the molecule is C[C@@H](N)c1cc(Cl)cc(Cl)c1.Cl. The molecule has 1 aromatic carbocycles. The van der Waals surface area contributed by atoms with Crippen molar-refractivity contribution in [2.75, 3.05) is 0 Å². The number of hydrogen-bond donors (Lipinski definition) is 1. The molecule has 1 rings (SSSR count). The number of nitrogens with two attached hydrogens (primary N) is 1. The first kappa shape index (κ1) is 12.0. The zero-order valence-corrected chi connectivity index (χ0v) is 8.88. The van der Waals surface area contributed by atoms with Gasteiger partial charge in [-0.1, -0.05) is 23.2 Å². The van der Waals surface area contributed by atoms with Gasteiger partial charge < -0.3 is 5.73 Å². The molecule has 0 amide bonds. The van der Waals surface area contributed by atoms with Gasteiger partial charge in [-0.05, 0) is 30.7 Å². The molecule has 0 aliphatic rings. The van der Waals surface area contributed by atoms with Crippen LogP contribution in [0, 0.1) is 0 Å². The highest BCUT2D eigenvalue weighted by Crippen LogP contribution is 2.21. The molecule has 68 valence electrons. The number of halogens is 3. The molecule has 0 spiro atoms. The average molecular weight is 227 g/mol. The van der Waals surface area contributed by atoms with Gasteiger partial charge in [0.1, 0.15) is 0 Å². The van der Waals surface area contributed by atoms with Crippen molar-refractivity contribution < 1.29 is 0 Å². The molecule has 12 heavy (non-hydrogen) atoms. The molecule has 0 aromatic heterocycles. The lowest BCUT2D eigenvalue weighted by Crippen LogP contribution is -2.04. The molecule has 1 nitrogen and oxygen atoms in total. The van der Waals surface area contributed by atoms with Crippen LogP contribution in [0.5, 0.6) is 0 Å². The smallest absolute Gasteiger partial charge is 0.0424 e. The molecular formula is C8H10Cl3N. The molecule has 0 heterocycles.